The van der Waals surface area contributed by atoms with E-state index < -0.39 is 5.60 Å². The van der Waals surface area contributed by atoms with E-state index in [2.05, 4.69) is 17.9 Å². The van der Waals surface area contributed by atoms with Gasteiger partial charge in [-0.1, -0.05) is 31.5 Å². The number of likely N-dealkylation sites (tertiary alicyclic amines) is 1. The maximum Gasteiger partial charge on any atom is 0.161 e. The first-order chi connectivity index (χ1) is 14.5. The van der Waals surface area contributed by atoms with Crippen molar-refractivity contribution in [3.05, 3.63) is 59.4 Å². The van der Waals surface area contributed by atoms with E-state index in [1.54, 1.807) is 13.2 Å². The lowest BCUT2D eigenvalue weighted by Gasteiger charge is -2.40. The van der Waals surface area contributed by atoms with Crippen molar-refractivity contribution < 1.29 is 19.0 Å². The van der Waals surface area contributed by atoms with Gasteiger partial charge in [-0.05, 0) is 60.6 Å². The largest absolute Gasteiger partial charge is 0.493 e. The molecule has 0 amide bonds. The summed E-state index contributed by atoms with van der Waals surface area (Å²) in [4.78, 5) is 2.46. The highest BCUT2D eigenvalue weighted by molar-refractivity contribution is 5.43. The molecule has 3 atom stereocenters. The lowest BCUT2D eigenvalue weighted by molar-refractivity contribution is -0.0613. The lowest BCUT2D eigenvalue weighted by atomic mass is 9.69. The van der Waals surface area contributed by atoms with Crippen molar-refractivity contribution in [2.75, 3.05) is 20.2 Å². The zero-order valence-electron chi connectivity index (χ0n) is 17.9. The fourth-order valence-corrected chi connectivity index (χ4v) is 5.26. The Bertz CT molecular complexity index is 873. The molecular weight excluding hydrogens is 381 g/mol. The van der Waals surface area contributed by atoms with Gasteiger partial charge >= 0.3 is 0 Å². The van der Waals surface area contributed by atoms with Crippen LogP contribution in [0, 0.1) is 17.7 Å². The molecule has 4 rings (SSSR count). The molecule has 4 nitrogen and oxygen atoms in total. The molecule has 2 aromatic carbocycles. The molecule has 0 bridgehead atoms. The van der Waals surface area contributed by atoms with Crippen LogP contribution in [-0.4, -0.2) is 35.8 Å². The molecule has 162 valence electrons. The van der Waals surface area contributed by atoms with E-state index in [1.165, 1.54) is 24.1 Å². The second-order valence-corrected chi connectivity index (χ2v) is 8.81. The van der Waals surface area contributed by atoms with E-state index >= 15 is 0 Å². The van der Waals surface area contributed by atoms with Crippen molar-refractivity contribution in [1.29, 1.82) is 0 Å². The second kappa shape index (κ2) is 8.94. The topological polar surface area (TPSA) is 41.9 Å². The highest BCUT2D eigenvalue weighted by Crippen LogP contribution is 2.44. The summed E-state index contributed by atoms with van der Waals surface area (Å²) in [6.45, 7) is 5.24. The number of aliphatic hydroxyl groups is 1. The predicted octanol–water partition coefficient (Wildman–Crippen LogP) is 4.79. The van der Waals surface area contributed by atoms with Gasteiger partial charge in [0, 0.05) is 25.6 Å². The van der Waals surface area contributed by atoms with Gasteiger partial charge in [0.25, 0.3) is 0 Å². The first-order valence-corrected chi connectivity index (χ1v) is 11.0. The van der Waals surface area contributed by atoms with Gasteiger partial charge in [0.2, 0.25) is 0 Å². The molecule has 5 heteroatoms. The molecule has 30 heavy (non-hydrogen) atoms. The Labute approximate surface area is 178 Å². The van der Waals surface area contributed by atoms with Gasteiger partial charge in [0.15, 0.2) is 11.5 Å². The molecule has 1 N–H and O–H groups in total. The minimum atomic E-state index is -0.496. The average Bonchev–Trinajstić information content (AvgIpc) is 3.17. The zero-order valence-corrected chi connectivity index (χ0v) is 17.9. The Hall–Kier alpha value is -2.11. The lowest BCUT2D eigenvalue weighted by Crippen LogP contribution is -2.44. The van der Waals surface area contributed by atoms with E-state index in [4.69, 9.17) is 9.47 Å². The molecule has 2 aromatic rings. The number of nitrogens with zero attached hydrogens (tertiary/aromatic N) is 1. The van der Waals surface area contributed by atoms with E-state index in [9.17, 15) is 9.50 Å². The zero-order chi connectivity index (χ0) is 21.1. The molecule has 1 saturated carbocycles. The van der Waals surface area contributed by atoms with Gasteiger partial charge in [0.1, 0.15) is 12.4 Å². The van der Waals surface area contributed by atoms with E-state index in [0.29, 0.717) is 29.9 Å². The number of fused-ring (bicyclic) bond motifs is 1. The summed E-state index contributed by atoms with van der Waals surface area (Å²) in [5.74, 6) is 2.05. The number of methoxy groups -OCH3 is 1. The molecule has 1 aliphatic heterocycles. The molecule has 0 spiro atoms. The van der Waals surface area contributed by atoms with Gasteiger partial charge in [-0.15, -0.1) is 0 Å². The first kappa shape index (κ1) is 21.1. The maximum absolute atomic E-state index is 13.4. The van der Waals surface area contributed by atoms with Gasteiger partial charge in [-0.2, -0.15) is 0 Å². The Morgan fingerprint density at radius 1 is 1.13 bits per heavy atom. The third-order valence-corrected chi connectivity index (χ3v) is 6.92. The summed E-state index contributed by atoms with van der Waals surface area (Å²) in [5.41, 5.74) is 1.46. The number of benzene rings is 2. The standard InChI is InChI=1S/C25H32FNO3/c1-3-25(28)11-5-7-20-15-27(16-22(20)25)14-18-9-10-23(24(13-18)29-2)30-17-19-6-4-8-21(26)12-19/h4,6,8-10,12-13,20,22,28H,3,5,7,11,14-17H2,1-2H3/t20-,22+,25-/m1/s1. The molecule has 1 aliphatic carbocycles. The summed E-state index contributed by atoms with van der Waals surface area (Å²) >= 11 is 0. The van der Waals surface area contributed by atoms with Crippen LogP contribution in [0.2, 0.25) is 0 Å². The van der Waals surface area contributed by atoms with E-state index in [-0.39, 0.29) is 5.82 Å². The van der Waals surface area contributed by atoms with Crippen molar-refractivity contribution in [3.8, 4) is 11.5 Å². The summed E-state index contributed by atoms with van der Waals surface area (Å²) in [7, 11) is 1.64. The van der Waals surface area contributed by atoms with Crippen molar-refractivity contribution in [2.24, 2.45) is 11.8 Å². The van der Waals surface area contributed by atoms with Crippen LogP contribution in [0.5, 0.6) is 11.5 Å². The fourth-order valence-electron chi connectivity index (χ4n) is 5.26. The van der Waals surface area contributed by atoms with Crippen LogP contribution in [0.1, 0.15) is 43.7 Å². The van der Waals surface area contributed by atoms with Crippen molar-refractivity contribution >= 4 is 0 Å². The van der Waals surface area contributed by atoms with Gasteiger partial charge in [0.05, 0.1) is 12.7 Å². The minimum Gasteiger partial charge on any atom is -0.493 e. The van der Waals surface area contributed by atoms with Crippen LogP contribution in [0.25, 0.3) is 0 Å². The Kier molecular flexibility index (Phi) is 6.30. The number of hydrogen-bond acceptors (Lipinski definition) is 4. The number of hydrogen-bond donors (Lipinski definition) is 1. The van der Waals surface area contributed by atoms with Crippen molar-refractivity contribution in [2.45, 2.75) is 51.4 Å². The average molecular weight is 414 g/mol. The van der Waals surface area contributed by atoms with Gasteiger partial charge < -0.3 is 14.6 Å². The number of ether oxygens (including phenoxy) is 2. The van der Waals surface area contributed by atoms with Crippen LogP contribution in [0.15, 0.2) is 42.5 Å². The molecule has 0 unspecified atom stereocenters. The maximum atomic E-state index is 13.4. The van der Waals surface area contributed by atoms with Crippen LogP contribution >= 0.6 is 0 Å². The van der Waals surface area contributed by atoms with Gasteiger partial charge in [-0.3, -0.25) is 4.90 Å². The normalized spacial score (nSPS) is 26.4. The number of halogens is 1. The van der Waals surface area contributed by atoms with E-state index in [1.807, 2.05) is 18.2 Å². The van der Waals surface area contributed by atoms with Gasteiger partial charge in [-0.25, -0.2) is 4.39 Å². The molecule has 1 saturated heterocycles. The minimum absolute atomic E-state index is 0.264. The first-order valence-electron chi connectivity index (χ1n) is 11.0. The third-order valence-electron chi connectivity index (χ3n) is 6.92. The summed E-state index contributed by atoms with van der Waals surface area (Å²) in [5, 5.41) is 11.0. The Balaban J connectivity index is 1.41. The highest BCUT2D eigenvalue weighted by atomic mass is 19.1. The van der Waals surface area contributed by atoms with E-state index in [0.717, 1.165) is 44.5 Å². The monoisotopic (exact) mass is 413 g/mol. The highest BCUT2D eigenvalue weighted by Gasteiger charge is 2.47. The van der Waals surface area contributed by atoms with Crippen LogP contribution in [0.4, 0.5) is 4.39 Å². The molecule has 2 fully saturated rings. The Morgan fingerprint density at radius 2 is 2.00 bits per heavy atom. The molecule has 1 heterocycles. The number of rotatable bonds is 7. The second-order valence-electron chi connectivity index (χ2n) is 8.81. The van der Waals surface area contributed by atoms with Crippen molar-refractivity contribution in [1.82, 2.24) is 4.90 Å². The molecule has 0 aromatic heterocycles. The molecule has 0 radical (unpaired) electrons. The SMILES string of the molecule is CC[C@@]1(O)CCC[C@@H]2CN(Cc3ccc(OCc4cccc(F)c4)c(OC)c3)C[C@@H]21. The predicted molar refractivity (Wildman–Crippen MR) is 115 cm³/mol. The van der Waals surface area contributed by atoms with Crippen molar-refractivity contribution in [3.63, 3.8) is 0 Å². The smallest absolute Gasteiger partial charge is 0.161 e. The summed E-state index contributed by atoms with van der Waals surface area (Å²) in [6, 6.07) is 12.4. The van der Waals surface area contributed by atoms with Crippen LogP contribution in [-0.2, 0) is 13.2 Å². The fraction of sp³-hybridized carbons (Fsp3) is 0.520. The summed E-state index contributed by atoms with van der Waals surface area (Å²) in [6.07, 6.45) is 4.13. The summed E-state index contributed by atoms with van der Waals surface area (Å²) < 4.78 is 24.8. The van der Waals surface area contributed by atoms with Crippen LogP contribution in [0.3, 0.4) is 0 Å². The van der Waals surface area contributed by atoms with Crippen LogP contribution < -0.4 is 9.47 Å². The molecule has 2 aliphatic rings. The quantitative estimate of drug-likeness (QED) is 0.709. The molecular formula is C25H32FNO3. The Morgan fingerprint density at radius 3 is 2.77 bits per heavy atom. The third kappa shape index (κ3) is 4.47.